The number of carbonyl (C=O) groups is 1. The Kier molecular flexibility index (Phi) is 3.52. The molecule has 0 aliphatic heterocycles. The molecule has 3 heteroatoms. The van der Waals surface area contributed by atoms with Crippen molar-refractivity contribution in [2.75, 3.05) is 7.11 Å². The van der Waals surface area contributed by atoms with Gasteiger partial charge in [-0.3, -0.25) is 4.79 Å². The van der Waals surface area contributed by atoms with Crippen LogP contribution in [0.1, 0.15) is 27.2 Å². The van der Waals surface area contributed by atoms with Crippen molar-refractivity contribution in [1.29, 1.82) is 0 Å². The summed E-state index contributed by atoms with van der Waals surface area (Å²) in [5.74, 6) is -0.193. The number of ether oxygens (including phenoxy) is 1. The number of rotatable bonds is 3. The van der Waals surface area contributed by atoms with Crippen LogP contribution in [-0.2, 0) is 9.53 Å². The van der Waals surface area contributed by atoms with Gasteiger partial charge in [0.05, 0.1) is 7.11 Å². The van der Waals surface area contributed by atoms with Gasteiger partial charge in [-0.1, -0.05) is 20.3 Å². The summed E-state index contributed by atoms with van der Waals surface area (Å²) in [6.45, 7) is 5.64. The summed E-state index contributed by atoms with van der Waals surface area (Å²) in [6.07, 6.45) is 0.877. The van der Waals surface area contributed by atoms with Gasteiger partial charge >= 0.3 is 5.97 Å². The topological polar surface area (TPSA) is 52.3 Å². The molecule has 0 aliphatic carbocycles. The Bertz CT molecular complexity index is 143. The van der Waals surface area contributed by atoms with Crippen LogP contribution in [0.25, 0.3) is 0 Å². The molecule has 0 rings (SSSR count). The van der Waals surface area contributed by atoms with Gasteiger partial charge < -0.3 is 10.5 Å². The first-order valence-electron chi connectivity index (χ1n) is 3.84. The third-order valence-electron chi connectivity index (χ3n) is 2.26. The van der Waals surface area contributed by atoms with Crippen LogP contribution in [0.2, 0.25) is 0 Å². The number of esters is 1. The minimum absolute atomic E-state index is 0.148. The predicted octanol–water partition coefficient (Wildman–Crippen LogP) is 0.923. The number of nitrogens with two attached hydrogens (primary N) is 1. The molecule has 3 nitrogen and oxygen atoms in total. The maximum absolute atomic E-state index is 11.1. The number of hydrogen-bond acceptors (Lipinski definition) is 3. The number of carbonyl (C=O) groups excluding carboxylic acids is 1. The molecule has 66 valence electrons. The third kappa shape index (κ3) is 2.19. The molecule has 0 aliphatic rings. The van der Waals surface area contributed by atoms with Crippen LogP contribution in [-0.4, -0.2) is 18.6 Å². The van der Waals surface area contributed by atoms with Crippen LogP contribution < -0.4 is 5.73 Å². The fourth-order valence-electron chi connectivity index (χ4n) is 0.845. The van der Waals surface area contributed by atoms with E-state index in [-0.39, 0.29) is 11.9 Å². The van der Waals surface area contributed by atoms with Crippen molar-refractivity contribution in [3.63, 3.8) is 0 Å². The Morgan fingerprint density at radius 3 is 2.45 bits per heavy atom. The van der Waals surface area contributed by atoms with Crippen molar-refractivity contribution in [1.82, 2.24) is 0 Å². The van der Waals surface area contributed by atoms with E-state index in [1.807, 2.05) is 13.8 Å². The largest absolute Gasteiger partial charge is 0.468 e. The van der Waals surface area contributed by atoms with Crippen LogP contribution in [0.4, 0.5) is 0 Å². The molecule has 0 saturated heterocycles. The van der Waals surface area contributed by atoms with Crippen molar-refractivity contribution in [3.05, 3.63) is 0 Å². The molecule has 0 heterocycles. The van der Waals surface area contributed by atoms with Crippen LogP contribution in [0.3, 0.4) is 0 Å². The van der Waals surface area contributed by atoms with Gasteiger partial charge in [0, 0.05) is 0 Å². The summed E-state index contributed by atoms with van der Waals surface area (Å²) in [5.41, 5.74) is 4.91. The van der Waals surface area contributed by atoms with Gasteiger partial charge in [-0.05, 0) is 12.8 Å². The van der Waals surface area contributed by atoms with Crippen molar-refractivity contribution in [2.45, 2.75) is 32.7 Å². The summed E-state index contributed by atoms with van der Waals surface area (Å²) < 4.78 is 4.57. The lowest BCUT2D eigenvalue weighted by atomic mass is 9.86. The number of hydrogen-bond donors (Lipinski definition) is 1. The van der Waals surface area contributed by atoms with Crippen LogP contribution in [0.5, 0.6) is 0 Å². The Balaban J connectivity index is 4.31. The van der Waals surface area contributed by atoms with E-state index in [0.717, 1.165) is 6.42 Å². The van der Waals surface area contributed by atoms with Gasteiger partial charge in [0.25, 0.3) is 0 Å². The van der Waals surface area contributed by atoms with Crippen LogP contribution in [0, 0.1) is 5.92 Å². The van der Waals surface area contributed by atoms with Crippen molar-refractivity contribution < 1.29 is 9.53 Å². The normalized spacial score (nSPS) is 18.6. The van der Waals surface area contributed by atoms with Gasteiger partial charge in [-0.25, -0.2) is 0 Å². The van der Waals surface area contributed by atoms with E-state index in [1.54, 1.807) is 6.92 Å². The molecule has 0 amide bonds. The smallest absolute Gasteiger partial charge is 0.325 e. The van der Waals surface area contributed by atoms with Gasteiger partial charge in [0.15, 0.2) is 0 Å². The fraction of sp³-hybridized carbons (Fsp3) is 0.875. The molecule has 11 heavy (non-hydrogen) atoms. The summed E-state index contributed by atoms with van der Waals surface area (Å²) in [6, 6.07) is 0. The molecule has 2 atom stereocenters. The van der Waals surface area contributed by atoms with E-state index < -0.39 is 5.54 Å². The van der Waals surface area contributed by atoms with E-state index in [4.69, 9.17) is 5.73 Å². The van der Waals surface area contributed by atoms with Gasteiger partial charge in [-0.15, -0.1) is 0 Å². The molecule has 0 aromatic heterocycles. The Morgan fingerprint density at radius 1 is 1.73 bits per heavy atom. The highest BCUT2D eigenvalue weighted by Crippen LogP contribution is 2.18. The van der Waals surface area contributed by atoms with E-state index in [9.17, 15) is 4.79 Å². The second kappa shape index (κ2) is 3.72. The molecule has 0 fully saturated rings. The zero-order chi connectivity index (χ0) is 9.07. The first kappa shape index (κ1) is 10.4. The second-order valence-electron chi connectivity index (χ2n) is 3.08. The van der Waals surface area contributed by atoms with Crippen molar-refractivity contribution >= 4 is 5.97 Å². The molecule has 0 radical (unpaired) electrons. The molecular formula is C8H17NO2. The summed E-state index contributed by atoms with van der Waals surface area (Å²) in [5, 5.41) is 0. The SMILES string of the molecule is CC[C@H](C)[C@](C)(N)C(=O)OC. The molecule has 0 spiro atoms. The van der Waals surface area contributed by atoms with E-state index in [0.29, 0.717) is 0 Å². The van der Waals surface area contributed by atoms with E-state index in [1.165, 1.54) is 7.11 Å². The minimum atomic E-state index is -0.844. The van der Waals surface area contributed by atoms with E-state index in [2.05, 4.69) is 4.74 Å². The molecule has 0 saturated carbocycles. The molecule has 0 aromatic carbocycles. The van der Waals surface area contributed by atoms with Gasteiger partial charge in [0.1, 0.15) is 5.54 Å². The fourth-order valence-corrected chi connectivity index (χ4v) is 0.845. The van der Waals surface area contributed by atoms with Gasteiger partial charge in [-0.2, -0.15) is 0 Å². The van der Waals surface area contributed by atoms with Crippen molar-refractivity contribution in [2.24, 2.45) is 11.7 Å². The summed E-state index contributed by atoms with van der Waals surface area (Å²) in [4.78, 5) is 11.1. The highest BCUT2D eigenvalue weighted by molar-refractivity contribution is 5.80. The molecule has 0 aromatic rings. The molecular weight excluding hydrogens is 142 g/mol. The standard InChI is InChI=1S/C8H17NO2/c1-5-6(2)8(3,9)7(10)11-4/h6H,5,9H2,1-4H3/t6-,8-/m0/s1. The maximum Gasteiger partial charge on any atom is 0.325 e. The van der Waals surface area contributed by atoms with Crippen molar-refractivity contribution in [3.8, 4) is 0 Å². The van der Waals surface area contributed by atoms with E-state index >= 15 is 0 Å². The number of methoxy groups -OCH3 is 1. The first-order chi connectivity index (χ1) is 4.96. The van der Waals surface area contributed by atoms with Crippen LogP contribution >= 0.6 is 0 Å². The zero-order valence-electron chi connectivity index (χ0n) is 7.68. The third-order valence-corrected chi connectivity index (χ3v) is 2.26. The predicted molar refractivity (Wildman–Crippen MR) is 44.1 cm³/mol. The molecule has 0 unspecified atom stereocenters. The second-order valence-corrected chi connectivity index (χ2v) is 3.08. The minimum Gasteiger partial charge on any atom is -0.468 e. The molecule has 2 N–H and O–H groups in total. The average molecular weight is 159 g/mol. The quantitative estimate of drug-likeness (QED) is 0.623. The average Bonchev–Trinajstić information content (AvgIpc) is 2.01. The van der Waals surface area contributed by atoms with Crippen LogP contribution in [0.15, 0.2) is 0 Å². The Labute approximate surface area is 67.9 Å². The lowest BCUT2D eigenvalue weighted by Gasteiger charge is -2.27. The summed E-state index contributed by atoms with van der Waals surface area (Å²) in [7, 11) is 1.36. The Hall–Kier alpha value is -0.570. The lowest BCUT2D eigenvalue weighted by Crippen LogP contribution is -2.50. The van der Waals surface area contributed by atoms with Gasteiger partial charge in [0.2, 0.25) is 0 Å². The lowest BCUT2D eigenvalue weighted by molar-refractivity contribution is -0.148. The summed E-state index contributed by atoms with van der Waals surface area (Å²) >= 11 is 0. The molecule has 0 bridgehead atoms. The highest BCUT2D eigenvalue weighted by atomic mass is 16.5. The highest BCUT2D eigenvalue weighted by Gasteiger charge is 2.34. The first-order valence-corrected chi connectivity index (χ1v) is 3.84. The monoisotopic (exact) mass is 159 g/mol. The maximum atomic E-state index is 11.1. The zero-order valence-corrected chi connectivity index (χ0v) is 7.68. The Morgan fingerprint density at radius 2 is 2.18 bits per heavy atom.